The molecular formula is C10H15N3O3S. The van der Waals surface area contributed by atoms with E-state index in [0.717, 1.165) is 0 Å². The van der Waals surface area contributed by atoms with Crippen molar-refractivity contribution in [3.63, 3.8) is 0 Å². The maximum atomic E-state index is 11.8. The third-order valence-electron chi connectivity index (χ3n) is 2.81. The Kier molecular flexibility index (Phi) is 3.46. The molecule has 0 radical (unpaired) electrons. The Balaban J connectivity index is 1.81. The van der Waals surface area contributed by atoms with E-state index in [2.05, 4.69) is 5.10 Å². The van der Waals surface area contributed by atoms with Crippen molar-refractivity contribution in [1.29, 1.82) is 0 Å². The van der Waals surface area contributed by atoms with Crippen LogP contribution in [0, 0.1) is 0 Å². The van der Waals surface area contributed by atoms with Gasteiger partial charge in [-0.2, -0.15) is 5.10 Å². The SMILES string of the molecule is O=C(CCn1cccn1)N1CCS(=O)(=O)CC1. The molecule has 1 amide bonds. The van der Waals surface area contributed by atoms with E-state index in [1.165, 1.54) is 0 Å². The molecule has 0 saturated carbocycles. The molecule has 2 heterocycles. The van der Waals surface area contributed by atoms with Crippen LogP contribution in [-0.2, 0) is 21.2 Å². The summed E-state index contributed by atoms with van der Waals surface area (Å²) in [4.78, 5) is 13.4. The lowest BCUT2D eigenvalue weighted by Crippen LogP contribution is -2.43. The van der Waals surface area contributed by atoms with E-state index >= 15 is 0 Å². The van der Waals surface area contributed by atoms with Gasteiger partial charge in [0.2, 0.25) is 5.91 Å². The molecular weight excluding hydrogens is 242 g/mol. The molecule has 94 valence electrons. The molecule has 1 aromatic rings. The number of aromatic nitrogens is 2. The lowest BCUT2D eigenvalue weighted by atomic mass is 10.3. The van der Waals surface area contributed by atoms with Crippen molar-refractivity contribution < 1.29 is 13.2 Å². The maximum Gasteiger partial charge on any atom is 0.224 e. The van der Waals surface area contributed by atoms with Gasteiger partial charge in [0.25, 0.3) is 0 Å². The first-order valence-electron chi connectivity index (χ1n) is 5.52. The predicted molar refractivity (Wildman–Crippen MR) is 62.1 cm³/mol. The van der Waals surface area contributed by atoms with Crippen LogP contribution in [0.2, 0.25) is 0 Å². The second-order valence-corrected chi connectivity index (χ2v) is 6.36. The van der Waals surface area contributed by atoms with Crippen molar-refractivity contribution in [3.05, 3.63) is 18.5 Å². The summed E-state index contributed by atoms with van der Waals surface area (Å²) in [6.07, 6.45) is 3.83. The number of carbonyl (C=O) groups excluding carboxylic acids is 1. The minimum absolute atomic E-state index is 0.00426. The number of sulfone groups is 1. The van der Waals surface area contributed by atoms with Crippen LogP contribution < -0.4 is 0 Å². The Hall–Kier alpha value is -1.37. The van der Waals surface area contributed by atoms with Crippen molar-refractivity contribution >= 4 is 15.7 Å². The van der Waals surface area contributed by atoms with E-state index in [0.29, 0.717) is 26.1 Å². The van der Waals surface area contributed by atoms with Crippen molar-refractivity contribution in [2.45, 2.75) is 13.0 Å². The molecule has 17 heavy (non-hydrogen) atoms. The second-order valence-electron chi connectivity index (χ2n) is 4.05. The number of aryl methyl sites for hydroxylation is 1. The van der Waals surface area contributed by atoms with Crippen LogP contribution in [0.5, 0.6) is 0 Å². The van der Waals surface area contributed by atoms with E-state index in [-0.39, 0.29) is 17.4 Å². The highest BCUT2D eigenvalue weighted by atomic mass is 32.2. The smallest absolute Gasteiger partial charge is 0.224 e. The van der Waals surface area contributed by atoms with Crippen LogP contribution in [0.25, 0.3) is 0 Å². The van der Waals surface area contributed by atoms with Crippen molar-refractivity contribution in [2.24, 2.45) is 0 Å². The Morgan fingerprint density at radius 3 is 2.59 bits per heavy atom. The highest BCUT2D eigenvalue weighted by molar-refractivity contribution is 7.91. The van der Waals surface area contributed by atoms with Crippen LogP contribution in [0.15, 0.2) is 18.5 Å². The Morgan fingerprint density at radius 1 is 1.29 bits per heavy atom. The van der Waals surface area contributed by atoms with Gasteiger partial charge in [0.15, 0.2) is 9.84 Å². The Morgan fingerprint density at radius 2 is 2.00 bits per heavy atom. The molecule has 1 saturated heterocycles. The predicted octanol–water partition coefficient (Wildman–Crippen LogP) is -0.470. The Labute approximate surface area is 100 Å². The number of nitrogens with zero attached hydrogens (tertiary/aromatic N) is 3. The van der Waals surface area contributed by atoms with Crippen LogP contribution >= 0.6 is 0 Å². The molecule has 0 N–H and O–H groups in total. The van der Waals surface area contributed by atoms with Gasteiger partial charge in [-0.3, -0.25) is 9.48 Å². The maximum absolute atomic E-state index is 11.8. The molecule has 0 unspecified atom stereocenters. The first kappa shape index (κ1) is 12.1. The molecule has 1 fully saturated rings. The van der Waals surface area contributed by atoms with Gasteiger partial charge in [-0.15, -0.1) is 0 Å². The van der Waals surface area contributed by atoms with Crippen molar-refractivity contribution in [2.75, 3.05) is 24.6 Å². The summed E-state index contributed by atoms with van der Waals surface area (Å²) < 4.78 is 24.1. The largest absolute Gasteiger partial charge is 0.341 e. The third kappa shape index (κ3) is 3.29. The highest BCUT2D eigenvalue weighted by Crippen LogP contribution is 2.06. The summed E-state index contributed by atoms with van der Waals surface area (Å²) in [6, 6.07) is 1.80. The third-order valence-corrected chi connectivity index (χ3v) is 4.42. The molecule has 6 nitrogen and oxygen atoms in total. The van der Waals surface area contributed by atoms with Gasteiger partial charge in [0.05, 0.1) is 11.5 Å². The minimum atomic E-state index is -2.92. The quantitative estimate of drug-likeness (QED) is 0.734. The first-order chi connectivity index (χ1) is 8.07. The van der Waals surface area contributed by atoms with Crippen LogP contribution in [-0.4, -0.2) is 53.6 Å². The molecule has 1 aliphatic heterocycles. The molecule has 0 bridgehead atoms. The van der Waals surface area contributed by atoms with Crippen LogP contribution in [0.1, 0.15) is 6.42 Å². The van der Waals surface area contributed by atoms with Gasteiger partial charge in [-0.25, -0.2) is 8.42 Å². The standard InChI is InChI=1S/C10H15N3O3S/c14-10(2-5-13-4-1-3-11-13)12-6-8-17(15,16)9-7-12/h1,3-4H,2,5-9H2. The average Bonchev–Trinajstić information content (AvgIpc) is 2.78. The van der Waals surface area contributed by atoms with Gasteiger partial charge in [0.1, 0.15) is 0 Å². The zero-order chi connectivity index (χ0) is 12.3. The fourth-order valence-corrected chi connectivity index (χ4v) is 2.96. The van der Waals surface area contributed by atoms with E-state index in [4.69, 9.17) is 0 Å². The van der Waals surface area contributed by atoms with Gasteiger partial charge < -0.3 is 4.90 Å². The summed E-state index contributed by atoms with van der Waals surface area (Å²) in [5.74, 6) is 0.163. The number of hydrogen-bond donors (Lipinski definition) is 0. The summed E-state index contributed by atoms with van der Waals surface area (Å²) >= 11 is 0. The lowest BCUT2D eigenvalue weighted by molar-refractivity contribution is -0.131. The van der Waals surface area contributed by atoms with Crippen LogP contribution in [0.3, 0.4) is 0 Å². The average molecular weight is 257 g/mol. The fourth-order valence-electron chi connectivity index (χ4n) is 1.76. The normalized spacial score (nSPS) is 19.2. The summed E-state index contributed by atoms with van der Waals surface area (Å²) in [5.41, 5.74) is 0. The molecule has 0 aromatic carbocycles. The van der Waals surface area contributed by atoms with E-state index in [9.17, 15) is 13.2 Å². The monoisotopic (exact) mass is 257 g/mol. The van der Waals surface area contributed by atoms with Crippen molar-refractivity contribution in [3.8, 4) is 0 Å². The summed E-state index contributed by atoms with van der Waals surface area (Å²) in [5, 5.41) is 4.01. The van der Waals surface area contributed by atoms with Crippen molar-refractivity contribution in [1.82, 2.24) is 14.7 Å². The van der Waals surface area contributed by atoms with Gasteiger partial charge in [-0.1, -0.05) is 0 Å². The number of rotatable bonds is 3. The molecule has 1 aliphatic rings. The number of amides is 1. The molecule has 0 aliphatic carbocycles. The summed E-state index contributed by atoms with van der Waals surface area (Å²) in [7, 11) is -2.92. The van der Waals surface area contributed by atoms with Crippen LogP contribution in [0.4, 0.5) is 0 Å². The molecule has 2 rings (SSSR count). The summed E-state index contributed by atoms with van der Waals surface area (Å²) in [6.45, 7) is 1.18. The van der Waals surface area contributed by atoms with Gasteiger partial charge >= 0.3 is 0 Å². The molecule has 0 atom stereocenters. The minimum Gasteiger partial charge on any atom is -0.341 e. The lowest BCUT2D eigenvalue weighted by Gasteiger charge is -2.26. The van der Waals surface area contributed by atoms with Gasteiger partial charge in [0, 0.05) is 38.4 Å². The fraction of sp³-hybridized carbons (Fsp3) is 0.600. The zero-order valence-corrected chi connectivity index (χ0v) is 10.3. The molecule has 1 aromatic heterocycles. The first-order valence-corrected chi connectivity index (χ1v) is 7.35. The van der Waals surface area contributed by atoms with Gasteiger partial charge in [-0.05, 0) is 6.07 Å². The molecule has 0 spiro atoms. The van der Waals surface area contributed by atoms with E-state index in [1.54, 1.807) is 28.0 Å². The highest BCUT2D eigenvalue weighted by Gasteiger charge is 2.24. The zero-order valence-electron chi connectivity index (χ0n) is 9.45. The van der Waals surface area contributed by atoms with E-state index < -0.39 is 9.84 Å². The molecule has 7 heteroatoms. The van der Waals surface area contributed by atoms with E-state index in [1.807, 2.05) is 0 Å². The second kappa shape index (κ2) is 4.87. The Bertz CT molecular complexity index is 467. The number of hydrogen-bond acceptors (Lipinski definition) is 4. The number of carbonyl (C=O) groups is 1. The topological polar surface area (TPSA) is 72.3 Å².